The van der Waals surface area contributed by atoms with Crippen LogP contribution in [-0.2, 0) is 0 Å². The fourth-order valence-electron chi connectivity index (χ4n) is 8.18. The van der Waals surface area contributed by atoms with E-state index in [2.05, 4.69) is 195 Å². The van der Waals surface area contributed by atoms with Crippen molar-refractivity contribution < 1.29 is 0 Å². The fourth-order valence-corrected chi connectivity index (χ4v) is 8.18. The van der Waals surface area contributed by atoms with Crippen molar-refractivity contribution in [1.82, 2.24) is 4.98 Å². The Morgan fingerprint density at radius 3 is 1.57 bits per heavy atom. The van der Waals surface area contributed by atoms with Gasteiger partial charge in [0.25, 0.3) is 0 Å². The normalized spacial score (nSPS) is 11.5. The van der Waals surface area contributed by atoms with Crippen molar-refractivity contribution in [1.29, 1.82) is 0 Å². The van der Waals surface area contributed by atoms with Crippen molar-refractivity contribution in [2.45, 2.75) is 6.92 Å². The maximum Gasteiger partial charge on any atom is 0.0702 e. The van der Waals surface area contributed by atoms with Gasteiger partial charge in [-0.15, -0.1) is 0 Å². The number of aryl methyl sites for hydroxylation is 1. The van der Waals surface area contributed by atoms with Crippen LogP contribution in [0.4, 0.5) is 0 Å². The van der Waals surface area contributed by atoms with E-state index in [1.165, 1.54) is 82.0 Å². The summed E-state index contributed by atoms with van der Waals surface area (Å²) < 4.78 is 0. The van der Waals surface area contributed by atoms with E-state index in [4.69, 9.17) is 4.98 Å². The second-order valence-electron chi connectivity index (χ2n) is 14.0. The number of nitrogens with zero attached hydrogens (tertiary/aromatic N) is 1. The highest BCUT2D eigenvalue weighted by atomic mass is 14.7. The molecule has 10 aromatic rings. The SMILES string of the molecule is Cc1ccc(-c2cccc3c(-c4c5ccccc5c(-c5cccc(-c6ccc(-c7ccc8ccccc8c7)nc6)c5)c5ccccc45)cccc23)cc1. The van der Waals surface area contributed by atoms with Crippen LogP contribution in [0.2, 0.25) is 0 Å². The molecule has 0 bridgehead atoms. The van der Waals surface area contributed by atoms with Gasteiger partial charge in [0.05, 0.1) is 5.69 Å². The van der Waals surface area contributed by atoms with E-state index >= 15 is 0 Å². The minimum absolute atomic E-state index is 0.975. The van der Waals surface area contributed by atoms with Gasteiger partial charge >= 0.3 is 0 Å². The summed E-state index contributed by atoms with van der Waals surface area (Å²) in [5.74, 6) is 0. The summed E-state index contributed by atoms with van der Waals surface area (Å²) in [4.78, 5) is 4.93. The van der Waals surface area contributed by atoms with Crippen molar-refractivity contribution in [3.63, 3.8) is 0 Å². The van der Waals surface area contributed by atoms with Gasteiger partial charge in [0.2, 0.25) is 0 Å². The summed E-state index contributed by atoms with van der Waals surface area (Å²) >= 11 is 0. The summed E-state index contributed by atoms with van der Waals surface area (Å²) in [5, 5.41) is 9.98. The standard InChI is InChI=1S/C52H35N/c1-34-23-25-36(26-24-34)42-19-9-21-44-43(42)20-10-22-45(44)52-48-17-6-4-15-46(48)51(47-16-5-7-18-49(47)52)40-14-8-13-38(32-40)41-29-30-50(53-33-41)39-28-27-35-11-2-3-12-37(35)31-39/h2-33H,1H3. The van der Waals surface area contributed by atoms with Gasteiger partial charge < -0.3 is 0 Å². The molecule has 0 amide bonds. The van der Waals surface area contributed by atoms with E-state index in [-0.39, 0.29) is 0 Å². The molecule has 10 rings (SSSR count). The Morgan fingerprint density at radius 2 is 0.868 bits per heavy atom. The Hall–Kier alpha value is -6.83. The number of benzene rings is 9. The van der Waals surface area contributed by atoms with Crippen molar-refractivity contribution >= 4 is 43.1 Å². The van der Waals surface area contributed by atoms with Crippen LogP contribution in [0.1, 0.15) is 5.56 Å². The topological polar surface area (TPSA) is 12.9 Å². The zero-order chi connectivity index (χ0) is 35.3. The van der Waals surface area contributed by atoms with Gasteiger partial charge in [-0.25, -0.2) is 0 Å². The highest BCUT2D eigenvalue weighted by Crippen LogP contribution is 2.46. The number of fused-ring (bicyclic) bond motifs is 4. The molecule has 0 aliphatic carbocycles. The Morgan fingerprint density at radius 1 is 0.321 bits per heavy atom. The largest absolute Gasteiger partial charge is 0.256 e. The predicted octanol–water partition coefficient (Wildman–Crippen LogP) is 14.3. The number of pyridine rings is 1. The van der Waals surface area contributed by atoms with Gasteiger partial charge in [0.15, 0.2) is 0 Å². The monoisotopic (exact) mass is 673 g/mol. The van der Waals surface area contributed by atoms with Gasteiger partial charge in [0, 0.05) is 17.3 Å². The summed E-state index contributed by atoms with van der Waals surface area (Å²) in [6.07, 6.45) is 2.01. The third kappa shape index (κ3) is 5.37. The van der Waals surface area contributed by atoms with Gasteiger partial charge in [-0.2, -0.15) is 0 Å². The quantitative estimate of drug-likeness (QED) is 0.166. The highest BCUT2D eigenvalue weighted by molar-refractivity contribution is 6.24. The Bertz CT molecular complexity index is 2930. The number of aromatic nitrogens is 1. The van der Waals surface area contributed by atoms with E-state index < -0.39 is 0 Å². The third-order valence-corrected chi connectivity index (χ3v) is 10.8. The van der Waals surface area contributed by atoms with E-state index in [0.717, 1.165) is 22.4 Å². The van der Waals surface area contributed by atoms with Crippen LogP contribution < -0.4 is 0 Å². The predicted molar refractivity (Wildman–Crippen MR) is 226 cm³/mol. The van der Waals surface area contributed by atoms with Crippen molar-refractivity contribution in [3.8, 4) is 55.8 Å². The first kappa shape index (κ1) is 30.9. The smallest absolute Gasteiger partial charge is 0.0702 e. The average molecular weight is 674 g/mol. The van der Waals surface area contributed by atoms with Crippen LogP contribution in [-0.4, -0.2) is 4.98 Å². The van der Waals surface area contributed by atoms with Crippen LogP contribution in [0.5, 0.6) is 0 Å². The van der Waals surface area contributed by atoms with Gasteiger partial charge in [-0.1, -0.05) is 175 Å². The van der Waals surface area contributed by atoms with E-state index in [1.807, 2.05) is 6.20 Å². The molecular formula is C52H35N. The zero-order valence-corrected chi connectivity index (χ0v) is 29.4. The maximum absolute atomic E-state index is 4.93. The first-order valence-corrected chi connectivity index (χ1v) is 18.3. The molecule has 1 aromatic heterocycles. The third-order valence-electron chi connectivity index (χ3n) is 10.8. The Balaban J connectivity index is 1.12. The molecule has 0 atom stereocenters. The van der Waals surface area contributed by atoms with Crippen LogP contribution in [0.15, 0.2) is 194 Å². The Labute approximate surface area is 309 Å². The molecule has 53 heavy (non-hydrogen) atoms. The van der Waals surface area contributed by atoms with Crippen molar-refractivity contribution in [3.05, 3.63) is 200 Å². The molecule has 0 aliphatic heterocycles. The van der Waals surface area contributed by atoms with Crippen LogP contribution >= 0.6 is 0 Å². The minimum atomic E-state index is 0.975. The lowest BCUT2D eigenvalue weighted by atomic mass is 9.84. The van der Waals surface area contributed by atoms with Crippen molar-refractivity contribution in [2.24, 2.45) is 0 Å². The van der Waals surface area contributed by atoms with Crippen LogP contribution in [0, 0.1) is 6.92 Å². The molecule has 1 heterocycles. The van der Waals surface area contributed by atoms with Crippen LogP contribution in [0.3, 0.4) is 0 Å². The molecule has 0 fully saturated rings. The fraction of sp³-hybridized carbons (Fsp3) is 0.0192. The first-order valence-electron chi connectivity index (χ1n) is 18.3. The molecule has 0 aliphatic rings. The molecule has 248 valence electrons. The molecule has 1 nitrogen and oxygen atoms in total. The van der Waals surface area contributed by atoms with Gasteiger partial charge in [-0.3, -0.25) is 4.98 Å². The van der Waals surface area contributed by atoms with E-state index in [9.17, 15) is 0 Å². The number of hydrogen-bond donors (Lipinski definition) is 0. The summed E-state index contributed by atoms with van der Waals surface area (Å²) in [6.45, 7) is 2.14. The zero-order valence-electron chi connectivity index (χ0n) is 29.4. The van der Waals surface area contributed by atoms with E-state index in [0.29, 0.717) is 0 Å². The highest BCUT2D eigenvalue weighted by Gasteiger charge is 2.19. The summed E-state index contributed by atoms with van der Waals surface area (Å²) in [7, 11) is 0. The first-order chi connectivity index (χ1) is 26.2. The number of hydrogen-bond acceptors (Lipinski definition) is 1. The molecule has 0 unspecified atom stereocenters. The number of rotatable bonds is 5. The van der Waals surface area contributed by atoms with E-state index in [1.54, 1.807) is 0 Å². The van der Waals surface area contributed by atoms with Gasteiger partial charge in [0.1, 0.15) is 0 Å². The summed E-state index contributed by atoms with van der Waals surface area (Å²) in [5.41, 5.74) is 13.1. The lowest BCUT2D eigenvalue weighted by Gasteiger charge is -2.19. The molecule has 0 saturated carbocycles. The minimum Gasteiger partial charge on any atom is -0.256 e. The van der Waals surface area contributed by atoms with Gasteiger partial charge in [-0.05, 0) is 107 Å². The average Bonchev–Trinajstić information content (AvgIpc) is 3.22. The molecule has 9 aromatic carbocycles. The lowest BCUT2D eigenvalue weighted by molar-refractivity contribution is 1.33. The molecular weight excluding hydrogens is 639 g/mol. The molecule has 0 spiro atoms. The van der Waals surface area contributed by atoms with Crippen molar-refractivity contribution in [2.75, 3.05) is 0 Å². The summed E-state index contributed by atoms with van der Waals surface area (Å²) in [6, 6.07) is 68.5. The second kappa shape index (κ2) is 12.7. The second-order valence-corrected chi connectivity index (χ2v) is 14.0. The maximum atomic E-state index is 4.93. The van der Waals surface area contributed by atoms with Crippen LogP contribution in [0.25, 0.3) is 98.9 Å². The molecule has 0 N–H and O–H groups in total. The molecule has 1 heteroatoms. The molecule has 0 radical (unpaired) electrons. The molecule has 0 saturated heterocycles. The Kier molecular flexibility index (Phi) is 7.44. The lowest BCUT2D eigenvalue weighted by Crippen LogP contribution is -1.92.